The molecule has 1 aliphatic rings. The summed E-state index contributed by atoms with van der Waals surface area (Å²) in [5, 5.41) is 0.301. The fraction of sp³-hybridized carbons (Fsp3) is 0.611. The predicted molar refractivity (Wildman–Crippen MR) is 99.8 cm³/mol. The number of ether oxygens (including phenoxy) is 2. The molecule has 1 atom stereocenters. The van der Waals surface area contributed by atoms with Gasteiger partial charge in [-0.1, -0.05) is 11.6 Å². The van der Waals surface area contributed by atoms with Crippen LogP contribution < -0.4 is 4.90 Å². The van der Waals surface area contributed by atoms with E-state index in [4.69, 9.17) is 21.1 Å². The quantitative estimate of drug-likeness (QED) is 0.588. The van der Waals surface area contributed by atoms with Crippen molar-refractivity contribution in [1.29, 1.82) is 0 Å². The van der Waals surface area contributed by atoms with E-state index >= 15 is 0 Å². The molecule has 1 aliphatic heterocycles. The maximum Gasteiger partial charge on any atom is 0.410 e. The zero-order chi connectivity index (χ0) is 19.5. The molecule has 26 heavy (non-hydrogen) atoms. The number of anilines is 1. The molecule has 1 unspecified atom stereocenters. The van der Waals surface area contributed by atoms with Gasteiger partial charge in [-0.2, -0.15) is 0 Å². The van der Waals surface area contributed by atoms with E-state index in [0.29, 0.717) is 36.0 Å². The summed E-state index contributed by atoms with van der Waals surface area (Å²) in [6.07, 6.45) is 1.10. The molecule has 1 fully saturated rings. The van der Waals surface area contributed by atoms with Crippen LogP contribution in [-0.2, 0) is 9.47 Å². The number of amides is 1. The van der Waals surface area contributed by atoms with Gasteiger partial charge in [-0.15, -0.1) is 0 Å². The summed E-state index contributed by atoms with van der Waals surface area (Å²) in [4.78, 5) is 32.3. The number of pyridine rings is 1. The topological polar surface area (TPSA) is 72.0 Å². The molecule has 144 valence electrons. The molecule has 0 radical (unpaired) electrons. The Labute approximate surface area is 159 Å². The van der Waals surface area contributed by atoms with Gasteiger partial charge in [-0.25, -0.2) is 14.6 Å². The lowest BCUT2D eigenvalue weighted by Gasteiger charge is -2.41. The Hall–Kier alpha value is -2.02. The summed E-state index contributed by atoms with van der Waals surface area (Å²) in [6, 6.07) is 1.57. The Morgan fingerprint density at radius 1 is 1.35 bits per heavy atom. The van der Waals surface area contributed by atoms with Crippen molar-refractivity contribution in [3.63, 3.8) is 0 Å². The van der Waals surface area contributed by atoms with Gasteiger partial charge in [0, 0.05) is 31.9 Å². The maximum atomic E-state index is 12.4. The lowest BCUT2D eigenvalue weighted by molar-refractivity contribution is 0.0158. The molecule has 0 spiro atoms. The van der Waals surface area contributed by atoms with Gasteiger partial charge in [-0.3, -0.25) is 0 Å². The molecule has 1 amide bonds. The van der Waals surface area contributed by atoms with Crippen LogP contribution in [0.3, 0.4) is 0 Å². The van der Waals surface area contributed by atoms with E-state index in [1.165, 1.54) is 6.20 Å². The van der Waals surface area contributed by atoms with Gasteiger partial charge in [0.1, 0.15) is 16.3 Å². The molecule has 0 aliphatic carbocycles. The highest BCUT2D eigenvalue weighted by atomic mass is 35.5. The number of piperazine rings is 1. The monoisotopic (exact) mass is 383 g/mol. The first kappa shape index (κ1) is 20.3. The molecular weight excluding hydrogens is 358 g/mol. The fourth-order valence-corrected chi connectivity index (χ4v) is 2.97. The van der Waals surface area contributed by atoms with Gasteiger partial charge >= 0.3 is 12.1 Å². The van der Waals surface area contributed by atoms with Crippen LogP contribution in [-0.4, -0.2) is 59.8 Å². The SMILES string of the molecule is CCOC(=O)c1cnc(Cl)cc1N1CCN(C(=O)OC(C)(C)C)C(C)C1. The molecule has 8 heteroatoms. The van der Waals surface area contributed by atoms with Crippen molar-refractivity contribution in [1.82, 2.24) is 9.88 Å². The van der Waals surface area contributed by atoms with E-state index < -0.39 is 11.6 Å². The first-order chi connectivity index (χ1) is 12.1. The Kier molecular flexibility index (Phi) is 6.34. The average molecular weight is 384 g/mol. The number of aromatic nitrogens is 1. The van der Waals surface area contributed by atoms with E-state index in [2.05, 4.69) is 4.98 Å². The molecule has 1 aromatic rings. The number of carbonyl (C=O) groups excluding carboxylic acids is 2. The zero-order valence-corrected chi connectivity index (χ0v) is 16.7. The van der Waals surface area contributed by atoms with Crippen molar-refractivity contribution in [2.24, 2.45) is 0 Å². The predicted octanol–water partition coefficient (Wildman–Crippen LogP) is 3.36. The van der Waals surface area contributed by atoms with Gasteiger partial charge in [0.05, 0.1) is 12.3 Å². The van der Waals surface area contributed by atoms with Crippen molar-refractivity contribution < 1.29 is 19.1 Å². The number of carbonyl (C=O) groups is 2. The third-order valence-corrected chi connectivity index (χ3v) is 4.15. The van der Waals surface area contributed by atoms with E-state index in [-0.39, 0.29) is 18.7 Å². The van der Waals surface area contributed by atoms with E-state index in [1.807, 2.05) is 32.6 Å². The van der Waals surface area contributed by atoms with Crippen molar-refractivity contribution >= 4 is 29.4 Å². The Bertz CT molecular complexity index is 675. The van der Waals surface area contributed by atoms with Crippen LogP contribution in [0.15, 0.2) is 12.3 Å². The van der Waals surface area contributed by atoms with Crippen LogP contribution in [0, 0.1) is 0 Å². The molecule has 0 bridgehead atoms. The molecular formula is C18H26ClN3O4. The standard InChI is InChI=1S/C18H26ClN3O4/c1-6-25-16(23)13-10-20-15(19)9-14(13)21-7-8-22(12(2)11-21)17(24)26-18(3,4)5/h9-10,12H,6-8,11H2,1-5H3. The summed E-state index contributed by atoms with van der Waals surface area (Å²) >= 11 is 6.03. The van der Waals surface area contributed by atoms with E-state index in [1.54, 1.807) is 17.9 Å². The molecule has 0 saturated carbocycles. The fourth-order valence-electron chi connectivity index (χ4n) is 2.82. The van der Waals surface area contributed by atoms with Crippen molar-refractivity contribution in [2.45, 2.75) is 46.3 Å². The molecule has 7 nitrogen and oxygen atoms in total. The summed E-state index contributed by atoms with van der Waals surface area (Å²) in [7, 11) is 0. The van der Waals surface area contributed by atoms with Gasteiger partial charge in [0.2, 0.25) is 0 Å². The second kappa shape index (κ2) is 8.12. The molecule has 2 heterocycles. The number of esters is 1. The summed E-state index contributed by atoms with van der Waals surface area (Å²) in [5.41, 5.74) is 0.497. The molecule has 0 N–H and O–H groups in total. The Morgan fingerprint density at radius 3 is 2.62 bits per heavy atom. The Morgan fingerprint density at radius 2 is 2.04 bits per heavy atom. The second-order valence-electron chi connectivity index (χ2n) is 7.21. The van der Waals surface area contributed by atoms with Crippen LogP contribution >= 0.6 is 11.6 Å². The minimum Gasteiger partial charge on any atom is -0.462 e. The van der Waals surface area contributed by atoms with Crippen LogP contribution in [0.5, 0.6) is 0 Å². The number of rotatable bonds is 3. The first-order valence-corrected chi connectivity index (χ1v) is 9.07. The summed E-state index contributed by atoms with van der Waals surface area (Å²) in [5.74, 6) is -0.436. The Balaban J connectivity index is 2.17. The number of hydrogen-bond acceptors (Lipinski definition) is 6. The van der Waals surface area contributed by atoms with Crippen LogP contribution in [0.2, 0.25) is 5.15 Å². The molecule has 2 rings (SSSR count). The number of nitrogens with zero attached hydrogens (tertiary/aromatic N) is 3. The summed E-state index contributed by atoms with van der Waals surface area (Å²) < 4.78 is 10.6. The smallest absolute Gasteiger partial charge is 0.410 e. The van der Waals surface area contributed by atoms with E-state index in [0.717, 1.165) is 0 Å². The van der Waals surface area contributed by atoms with Gasteiger partial charge < -0.3 is 19.3 Å². The number of hydrogen-bond donors (Lipinski definition) is 0. The van der Waals surface area contributed by atoms with Gasteiger partial charge in [-0.05, 0) is 40.7 Å². The third kappa shape index (κ3) is 5.00. The second-order valence-corrected chi connectivity index (χ2v) is 7.60. The molecule has 1 saturated heterocycles. The minimum atomic E-state index is -0.538. The lowest BCUT2D eigenvalue weighted by atomic mass is 10.1. The van der Waals surface area contributed by atoms with Crippen LogP contribution in [0.25, 0.3) is 0 Å². The number of halogens is 1. The minimum absolute atomic E-state index is 0.0828. The zero-order valence-electron chi connectivity index (χ0n) is 15.9. The van der Waals surface area contributed by atoms with Gasteiger partial charge in [0.25, 0.3) is 0 Å². The highest BCUT2D eigenvalue weighted by Crippen LogP contribution is 2.27. The first-order valence-electron chi connectivity index (χ1n) is 8.69. The van der Waals surface area contributed by atoms with Crippen molar-refractivity contribution in [3.8, 4) is 0 Å². The molecule has 1 aromatic heterocycles. The van der Waals surface area contributed by atoms with Crippen LogP contribution in [0.4, 0.5) is 10.5 Å². The van der Waals surface area contributed by atoms with Gasteiger partial charge in [0.15, 0.2) is 0 Å². The highest BCUT2D eigenvalue weighted by Gasteiger charge is 2.32. The molecule has 0 aromatic carbocycles. The maximum absolute atomic E-state index is 12.4. The highest BCUT2D eigenvalue weighted by molar-refractivity contribution is 6.29. The van der Waals surface area contributed by atoms with E-state index in [9.17, 15) is 9.59 Å². The van der Waals surface area contributed by atoms with Crippen molar-refractivity contribution in [3.05, 3.63) is 23.0 Å². The average Bonchev–Trinajstić information content (AvgIpc) is 2.53. The van der Waals surface area contributed by atoms with Crippen LogP contribution in [0.1, 0.15) is 45.0 Å². The lowest BCUT2D eigenvalue weighted by Crippen LogP contribution is -2.55. The van der Waals surface area contributed by atoms with Crippen molar-refractivity contribution in [2.75, 3.05) is 31.1 Å². The third-order valence-electron chi connectivity index (χ3n) is 3.94. The normalized spacial score (nSPS) is 17.8. The summed E-state index contributed by atoms with van der Waals surface area (Å²) in [6.45, 7) is 11.1. The largest absolute Gasteiger partial charge is 0.462 e.